The van der Waals surface area contributed by atoms with Gasteiger partial charge in [0.1, 0.15) is 0 Å². The van der Waals surface area contributed by atoms with Crippen molar-refractivity contribution in [1.29, 1.82) is 0 Å². The van der Waals surface area contributed by atoms with Crippen molar-refractivity contribution in [2.75, 3.05) is 0 Å². The Morgan fingerprint density at radius 2 is 0.939 bits per heavy atom. The van der Waals surface area contributed by atoms with E-state index in [1.165, 1.54) is 11.1 Å². The fraction of sp³-hybridized carbons (Fsp3) is 0. The number of pyridine rings is 2. The van der Waals surface area contributed by atoms with E-state index in [-0.39, 0.29) is 0 Å². The zero-order chi connectivity index (χ0) is 22.2. The summed E-state index contributed by atoms with van der Waals surface area (Å²) in [6, 6.07) is 39.3. The van der Waals surface area contributed by atoms with Crippen LogP contribution in [0.5, 0.6) is 0 Å². The first-order valence-electron chi connectivity index (χ1n) is 10.9. The van der Waals surface area contributed by atoms with Crippen molar-refractivity contribution in [3.05, 3.63) is 120 Å². The van der Waals surface area contributed by atoms with Crippen molar-refractivity contribution < 1.29 is 0 Å². The molecular weight excluding hydrogens is 424 g/mol. The molecule has 4 aromatic carbocycles. The van der Waals surface area contributed by atoms with E-state index in [0.717, 1.165) is 44.3 Å². The summed E-state index contributed by atoms with van der Waals surface area (Å²) in [5.74, 6) is 0. The van der Waals surface area contributed by atoms with Crippen LogP contribution in [0.4, 0.5) is 0 Å². The molecular formula is C30H19ClN2. The van der Waals surface area contributed by atoms with E-state index >= 15 is 0 Å². The second-order valence-electron chi connectivity index (χ2n) is 8.06. The lowest BCUT2D eigenvalue weighted by molar-refractivity contribution is 1.36. The van der Waals surface area contributed by atoms with Crippen molar-refractivity contribution in [2.45, 2.75) is 0 Å². The Morgan fingerprint density at radius 1 is 0.424 bits per heavy atom. The molecule has 0 aliphatic heterocycles. The summed E-state index contributed by atoms with van der Waals surface area (Å²) < 4.78 is 0. The minimum Gasteiger partial charge on any atom is -0.245 e. The number of hydrogen-bond donors (Lipinski definition) is 0. The van der Waals surface area contributed by atoms with Crippen LogP contribution in [0.2, 0.25) is 5.02 Å². The number of fused-ring (bicyclic) bond motifs is 3. The Bertz CT molecular complexity index is 1620. The van der Waals surface area contributed by atoms with E-state index in [0.29, 0.717) is 5.02 Å². The quantitative estimate of drug-likeness (QED) is 0.257. The van der Waals surface area contributed by atoms with Gasteiger partial charge in [0.25, 0.3) is 0 Å². The number of rotatable bonds is 3. The number of nitrogens with zero attached hydrogens (tertiary/aromatic N) is 2. The fourth-order valence-electron chi connectivity index (χ4n) is 4.23. The summed E-state index contributed by atoms with van der Waals surface area (Å²) in [6.07, 6.45) is 0. The number of halogens is 1. The Morgan fingerprint density at radius 3 is 1.58 bits per heavy atom. The normalized spacial score (nSPS) is 11.2. The highest BCUT2D eigenvalue weighted by atomic mass is 35.5. The molecule has 0 saturated heterocycles. The van der Waals surface area contributed by atoms with Gasteiger partial charge in [-0.05, 0) is 41.5 Å². The molecule has 33 heavy (non-hydrogen) atoms. The standard InChI is InChI=1S/C30H19ClN2/c31-26-11-5-10-25(19-26)28-17-15-22-13-12-21-14-16-27(32-29(21)30(22)33-28)24-9-4-8-23(18-24)20-6-2-1-3-7-20/h1-19H. The van der Waals surface area contributed by atoms with Crippen LogP contribution >= 0.6 is 11.6 Å². The van der Waals surface area contributed by atoms with Crippen LogP contribution in [0.1, 0.15) is 0 Å². The highest BCUT2D eigenvalue weighted by Gasteiger charge is 2.09. The molecule has 2 heterocycles. The fourth-order valence-corrected chi connectivity index (χ4v) is 4.42. The topological polar surface area (TPSA) is 25.8 Å². The van der Waals surface area contributed by atoms with Crippen LogP contribution < -0.4 is 0 Å². The van der Waals surface area contributed by atoms with Crippen molar-refractivity contribution in [3.63, 3.8) is 0 Å². The highest BCUT2D eigenvalue weighted by Crippen LogP contribution is 2.30. The maximum Gasteiger partial charge on any atom is 0.0972 e. The molecule has 0 amide bonds. The summed E-state index contributed by atoms with van der Waals surface area (Å²) in [4.78, 5) is 10.1. The molecule has 0 saturated carbocycles. The zero-order valence-electron chi connectivity index (χ0n) is 17.7. The highest BCUT2D eigenvalue weighted by molar-refractivity contribution is 6.30. The van der Waals surface area contributed by atoms with Gasteiger partial charge in [0.15, 0.2) is 0 Å². The second-order valence-corrected chi connectivity index (χ2v) is 8.50. The van der Waals surface area contributed by atoms with Crippen LogP contribution in [0.25, 0.3) is 55.4 Å². The van der Waals surface area contributed by atoms with Gasteiger partial charge >= 0.3 is 0 Å². The van der Waals surface area contributed by atoms with Gasteiger partial charge < -0.3 is 0 Å². The minimum atomic E-state index is 0.700. The Labute approximate surface area is 197 Å². The third-order valence-electron chi connectivity index (χ3n) is 5.91. The van der Waals surface area contributed by atoms with E-state index in [4.69, 9.17) is 21.6 Å². The summed E-state index contributed by atoms with van der Waals surface area (Å²) in [5.41, 5.74) is 8.06. The molecule has 0 unspecified atom stereocenters. The maximum atomic E-state index is 6.21. The van der Waals surface area contributed by atoms with Crippen LogP contribution in [-0.2, 0) is 0 Å². The van der Waals surface area contributed by atoms with Crippen molar-refractivity contribution in [1.82, 2.24) is 9.97 Å². The third-order valence-corrected chi connectivity index (χ3v) is 6.14. The first-order valence-corrected chi connectivity index (χ1v) is 11.2. The first kappa shape index (κ1) is 19.7. The van der Waals surface area contributed by atoms with Gasteiger partial charge in [0.2, 0.25) is 0 Å². The molecule has 156 valence electrons. The largest absolute Gasteiger partial charge is 0.245 e. The summed E-state index contributed by atoms with van der Waals surface area (Å²) in [7, 11) is 0. The molecule has 0 spiro atoms. The van der Waals surface area contributed by atoms with Gasteiger partial charge in [0, 0.05) is 26.9 Å². The Hall–Kier alpha value is -4.01. The van der Waals surface area contributed by atoms with Crippen LogP contribution in [0.3, 0.4) is 0 Å². The lowest BCUT2D eigenvalue weighted by Gasteiger charge is -2.09. The minimum absolute atomic E-state index is 0.700. The summed E-state index contributed by atoms with van der Waals surface area (Å²) in [5, 5.41) is 2.84. The number of benzene rings is 4. The van der Waals surface area contributed by atoms with E-state index < -0.39 is 0 Å². The van der Waals surface area contributed by atoms with Gasteiger partial charge in [-0.1, -0.05) is 96.5 Å². The summed E-state index contributed by atoms with van der Waals surface area (Å²) in [6.45, 7) is 0. The lowest BCUT2D eigenvalue weighted by atomic mass is 10.0. The maximum absolute atomic E-state index is 6.21. The molecule has 0 atom stereocenters. The molecule has 0 aliphatic carbocycles. The SMILES string of the molecule is Clc1cccc(-c2ccc3ccc4ccc(-c5cccc(-c6ccccc6)c5)nc4c3n2)c1. The molecule has 2 nitrogen and oxygen atoms in total. The zero-order valence-corrected chi connectivity index (χ0v) is 18.5. The molecule has 3 heteroatoms. The molecule has 0 bridgehead atoms. The number of hydrogen-bond acceptors (Lipinski definition) is 2. The van der Waals surface area contributed by atoms with Crippen molar-refractivity contribution in [2.24, 2.45) is 0 Å². The van der Waals surface area contributed by atoms with Gasteiger partial charge in [-0.25, -0.2) is 9.97 Å². The monoisotopic (exact) mass is 442 g/mol. The van der Waals surface area contributed by atoms with Gasteiger partial charge in [-0.2, -0.15) is 0 Å². The molecule has 0 fully saturated rings. The van der Waals surface area contributed by atoms with Crippen LogP contribution in [-0.4, -0.2) is 9.97 Å². The average Bonchev–Trinajstić information content (AvgIpc) is 2.88. The Kier molecular flexibility index (Phi) is 4.86. The van der Waals surface area contributed by atoms with E-state index in [1.54, 1.807) is 0 Å². The molecule has 2 aromatic heterocycles. The molecule has 6 rings (SSSR count). The van der Waals surface area contributed by atoms with Crippen LogP contribution in [0, 0.1) is 0 Å². The smallest absolute Gasteiger partial charge is 0.0972 e. The molecule has 0 N–H and O–H groups in total. The summed E-state index contributed by atoms with van der Waals surface area (Å²) >= 11 is 6.21. The van der Waals surface area contributed by atoms with Crippen LogP contribution in [0.15, 0.2) is 115 Å². The Balaban J connectivity index is 1.51. The third kappa shape index (κ3) is 3.75. The molecule has 0 aliphatic rings. The number of aromatic nitrogens is 2. The lowest BCUT2D eigenvalue weighted by Crippen LogP contribution is -1.91. The first-order chi connectivity index (χ1) is 16.2. The molecule has 0 radical (unpaired) electrons. The van der Waals surface area contributed by atoms with Gasteiger partial charge in [0.05, 0.1) is 22.4 Å². The van der Waals surface area contributed by atoms with E-state index in [9.17, 15) is 0 Å². The van der Waals surface area contributed by atoms with Gasteiger partial charge in [-0.15, -0.1) is 0 Å². The van der Waals surface area contributed by atoms with E-state index in [2.05, 4.69) is 78.9 Å². The molecule has 6 aromatic rings. The average molecular weight is 443 g/mol. The van der Waals surface area contributed by atoms with Crippen molar-refractivity contribution in [3.8, 4) is 33.6 Å². The van der Waals surface area contributed by atoms with Crippen molar-refractivity contribution >= 4 is 33.4 Å². The van der Waals surface area contributed by atoms with E-state index in [1.807, 2.05) is 36.4 Å². The predicted molar refractivity (Wildman–Crippen MR) is 138 cm³/mol. The van der Waals surface area contributed by atoms with Gasteiger partial charge in [-0.3, -0.25) is 0 Å². The second kappa shape index (κ2) is 8.16. The predicted octanol–water partition coefficient (Wildman–Crippen LogP) is 8.44.